The number of phenols is 1. The van der Waals surface area contributed by atoms with E-state index in [1.54, 1.807) is 0 Å². The fourth-order valence-electron chi connectivity index (χ4n) is 1.29. The number of hydrogen-bond donors (Lipinski definition) is 2. The van der Waals surface area contributed by atoms with Crippen LogP contribution in [0.2, 0.25) is 0 Å². The Balaban J connectivity index is 2.60. The second kappa shape index (κ2) is 5.86. The van der Waals surface area contributed by atoms with Gasteiger partial charge in [0.1, 0.15) is 5.75 Å². The van der Waals surface area contributed by atoms with Crippen molar-refractivity contribution in [2.24, 2.45) is 0 Å². The number of hydrogen-bond acceptors (Lipinski definition) is 3. The molecule has 1 rings (SSSR count). The Morgan fingerprint density at radius 2 is 1.81 bits per heavy atom. The second-order valence-corrected chi connectivity index (χ2v) is 5.37. The minimum Gasteiger partial charge on any atom is -0.508 e. The number of nitrogens with one attached hydrogen (secondary N) is 1. The Morgan fingerprint density at radius 1 is 1.19 bits per heavy atom. The molecular formula is C11H17NO3S. The maximum atomic E-state index is 11.7. The van der Waals surface area contributed by atoms with Crippen molar-refractivity contribution in [1.82, 2.24) is 4.72 Å². The molecule has 0 amide bonds. The first kappa shape index (κ1) is 13.0. The molecule has 1 aromatic carbocycles. The van der Waals surface area contributed by atoms with Crippen LogP contribution in [0.3, 0.4) is 0 Å². The summed E-state index contributed by atoms with van der Waals surface area (Å²) in [6.07, 6.45) is 2.91. The Labute approximate surface area is 96.4 Å². The molecule has 4 nitrogen and oxygen atoms in total. The molecule has 0 saturated carbocycles. The molecule has 5 heteroatoms. The number of unbranched alkanes of at least 4 members (excludes halogenated alkanes) is 2. The molecule has 1 aromatic rings. The van der Waals surface area contributed by atoms with Crippen LogP contribution in [-0.2, 0) is 10.0 Å². The highest BCUT2D eigenvalue weighted by atomic mass is 32.2. The van der Waals surface area contributed by atoms with E-state index < -0.39 is 10.0 Å². The van der Waals surface area contributed by atoms with E-state index in [-0.39, 0.29) is 10.6 Å². The number of phenolic OH excluding ortho intramolecular Hbond substituents is 1. The highest BCUT2D eigenvalue weighted by Gasteiger charge is 2.12. The smallest absolute Gasteiger partial charge is 0.240 e. The van der Waals surface area contributed by atoms with Crippen molar-refractivity contribution in [2.45, 2.75) is 31.1 Å². The topological polar surface area (TPSA) is 66.4 Å². The van der Waals surface area contributed by atoms with Crippen LogP contribution in [0.1, 0.15) is 26.2 Å². The van der Waals surface area contributed by atoms with Crippen molar-refractivity contribution >= 4 is 10.0 Å². The van der Waals surface area contributed by atoms with Crippen LogP contribution in [0.15, 0.2) is 29.2 Å². The molecule has 0 bridgehead atoms. The van der Waals surface area contributed by atoms with Crippen molar-refractivity contribution in [3.05, 3.63) is 24.3 Å². The van der Waals surface area contributed by atoms with Crippen LogP contribution in [0.25, 0.3) is 0 Å². The van der Waals surface area contributed by atoms with Crippen LogP contribution in [-0.4, -0.2) is 20.1 Å². The van der Waals surface area contributed by atoms with Gasteiger partial charge in [-0.1, -0.05) is 19.8 Å². The fourth-order valence-corrected chi connectivity index (χ4v) is 2.36. The molecule has 90 valence electrons. The van der Waals surface area contributed by atoms with Gasteiger partial charge in [0.05, 0.1) is 4.90 Å². The van der Waals surface area contributed by atoms with E-state index in [1.807, 2.05) is 0 Å². The first-order chi connectivity index (χ1) is 7.56. The van der Waals surface area contributed by atoms with E-state index in [9.17, 15) is 8.42 Å². The Kier molecular flexibility index (Phi) is 4.76. The standard InChI is InChI=1S/C11H17NO3S/c1-2-3-4-9-12-16(14,15)11-7-5-10(13)6-8-11/h5-8,12-13H,2-4,9H2,1H3. The van der Waals surface area contributed by atoms with E-state index in [1.165, 1.54) is 24.3 Å². The van der Waals surface area contributed by atoms with Gasteiger partial charge in [-0.2, -0.15) is 0 Å². The van der Waals surface area contributed by atoms with Crippen molar-refractivity contribution in [3.63, 3.8) is 0 Å². The average molecular weight is 243 g/mol. The molecule has 0 fully saturated rings. The summed E-state index contributed by atoms with van der Waals surface area (Å²) in [4.78, 5) is 0.182. The van der Waals surface area contributed by atoms with Crippen LogP contribution in [0.5, 0.6) is 5.75 Å². The first-order valence-electron chi connectivity index (χ1n) is 5.35. The average Bonchev–Trinajstić information content (AvgIpc) is 2.25. The van der Waals surface area contributed by atoms with Gasteiger partial charge >= 0.3 is 0 Å². The number of sulfonamides is 1. The molecule has 2 N–H and O–H groups in total. The lowest BCUT2D eigenvalue weighted by molar-refractivity contribution is 0.474. The lowest BCUT2D eigenvalue weighted by Crippen LogP contribution is -2.24. The predicted molar refractivity (Wildman–Crippen MR) is 62.8 cm³/mol. The predicted octanol–water partition coefficient (Wildman–Crippen LogP) is 1.86. The van der Waals surface area contributed by atoms with Crippen molar-refractivity contribution in [3.8, 4) is 5.75 Å². The molecule has 16 heavy (non-hydrogen) atoms. The molecular weight excluding hydrogens is 226 g/mol. The highest BCUT2D eigenvalue weighted by molar-refractivity contribution is 7.89. The summed E-state index contributed by atoms with van der Waals surface area (Å²) < 4.78 is 25.9. The zero-order valence-electron chi connectivity index (χ0n) is 9.31. The van der Waals surface area contributed by atoms with Crippen LogP contribution in [0, 0.1) is 0 Å². The Hall–Kier alpha value is -1.07. The minimum atomic E-state index is -3.42. The Bertz CT molecular complexity index is 411. The van der Waals surface area contributed by atoms with E-state index >= 15 is 0 Å². The Morgan fingerprint density at radius 3 is 2.38 bits per heavy atom. The lowest BCUT2D eigenvalue weighted by Gasteiger charge is -2.06. The zero-order valence-corrected chi connectivity index (χ0v) is 10.1. The fraction of sp³-hybridized carbons (Fsp3) is 0.455. The number of rotatable bonds is 6. The van der Waals surface area contributed by atoms with Crippen molar-refractivity contribution in [1.29, 1.82) is 0 Å². The molecule has 0 atom stereocenters. The molecule has 0 aromatic heterocycles. The normalized spacial score (nSPS) is 11.6. The van der Waals surface area contributed by atoms with Crippen molar-refractivity contribution in [2.75, 3.05) is 6.54 Å². The summed E-state index contributed by atoms with van der Waals surface area (Å²) in [6, 6.07) is 5.50. The summed E-state index contributed by atoms with van der Waals surface area (Å²) in [5.41, 5.74) is 0. The third kappa shape index (κ3) is 3.83. The van der Waals surface area contributed by atoms with E-state index in [0.29, 0.717) is 6.54 Å². The van der Waals surface area contributed by atoms with Crippen LogP contribution >= 0.6 is 0 Å². The number of benzene rings is 1. The van der Waals surface area contributed by atoms with E-state index in [4.69, 9.17) is 5.11 Å². The molecule has 0 aliphatic carbocycles. The molecule has 0 aliphatic heterocycles. The molecule has 0 spiro atoms. The summed E-state index contributed by atoms with van der Waals surface area (Å²) in [5, 5.41) is 9.05. The largest absolute Gasteiger partial charge is 0.508 e. The molecule has 0 aliphatic rings. The molecule has 0 heterocycles. The summed E-state index contributed by atoms with van der Waals surface area (Å²) in [7, 11) is -3.42. The number of aromatic hydroxyl groups is 1. The second-order valence-electron chi connectivity index (χ2n) is 3.60. The van der Waals surface area contributed by atoms with Gasteiger partial charge in [0.25, 0.3) is 0 Å². The summed E-state index contributed by atoms with van der Waals surface area (Å²) >= 11 is 0. The quantitative estimate of drug-likeness (QED) is 0.749. The van der Waals surface area contributed by atoms with Gasteiger partial charge in [-0.3, -0.25) is 0 Å². The first-order valence-corrected chi connectivity index (χ1v) is 6.83. The third-order valence-corrected chi connectivity index (χ3v) is 3.70. The van der Waals surface area contributed by atoms with Crippen molar-refractivity contribution < 1.29 is 13.5 Å². The molecule has 0 radical (unpaired) electrons. The maximum Gasteiger partial charge on any atom is 0.240 e. The van der Waals surface area contributed by atoms with Gasteiger partial charge in [0.2, 0.25) is 10.0 Å². The SMILES string of the molecule is CCCCCNS(=O)(=O)c1ccc(O)cc1. The van der Waals surface area contributed by atoms with Crippen LogP contribution < -0.4 is 4.72 Å². The summed E-state index contributed by atoms with van der Waals surface area (Å²) in [5.74, 6) is 0.0601. The van der Waals surface area contributed by atoms with Crippen LogP contribution in [0.4, 0.5) is 0 Å². The molecule has 0 unspecified atom stereocenters. The third-order valence-electron chi connectivity index (χ3n) is 2.22. The van der Waals surface area contributed by atoms with E-state index in [2.05, 4.69) is 11.6 Å². The van der Waals surface area contributed by atoms with Gasteiger partial charge in [0, 0.05) is 6.54 Å². The van der Waals surface area contributed by atoms with Gasteiger partial charge in [-0.25, -0.2) is 13.1 Å². The summed E-state index contributed by atoms with van der Waals surface area (Å²) in [6.45, 7) is 2.52. The minimum absolute atomic E-state index is 0.0601. The maximum absolute atomic E-state index is 11.7. The van der Waals surface area contributed by atoms with Gasteiger partial charge < -0.3 is 5.11 Å². The van der Waals surface area contributed by atoms with E-state index in [0.717, 1.165) is 19.3 Å². The zero-order chi connectivity index (χ0) is 12.0. The highest BCUT2D eigenvalue weighted by Crippen LogP contribution is 2.13. The van der Waals surface area contributed by atoms with Gasteiger partial charge in [0.15, 0.2) is 0 Å². The van der Waals surface area contributed by atoms with Gasteiger partial charge in [-0.05, 0) is 30.7 Å². The monoisotopic (exact) mass is 243 g/mol. The lowest BCUT2D eigenvalue weighted by atomic mass is 10.3. The van der Waals surface area contributed by atoms with Gasteiger partial charge in [-0.15, -0.1) is 0 Å². The molecule has 0 saturated heterocycles.